The molecule has 1 aromatic rings. The highest BCUT2D eigenvalue weighted by Gasteiger charge is 2.30. The fraction of sp³-hybridized carbons (Fsp3) is 0.676. The summed E-state index contributed by atoms with van der Waals surface area (Å²) in [5.74, 6) is -1.87. The quantitative estimate of drug-likeness (QED) is 0.0959. The van der Waals surface area contributed by atoms with E-state index in [1.165, 1.54) is 6.92 Å². The molecule has 0 spiro atoms. The molecule has 46 heavy (non-hydrogen) atoms. The van der Waals surface area contributed by atoms with Crippen LogP contribution in [0.3, 0.4) is 0 Å². The van der Waals surface area contributed by atoms with E-state index in [0.29, 0.717) is 25.1 Å². The third-order valence-electron chi connectivity index (χ3n) is 8.35. The van der Waals surface area contributed by atoms with Gasteiger partial charge >= 0.3 is 12.0 Å². The predicted molar refractivity (Wildman–Crippen MR) is 179 cm³/mol. The average Bonchev–Trinajstić information content (AvgIpc) is 2.99. The second-order valence-electron chi connectivity index (χ2n) is 13.2. The molecule has 0 aliphatic carbocycles. The van der Waals surface area contributed by atoms with Crippen LogP contribution in [-0.4, -0.2) is 60.6 Å². The topological polar surface area (TPSA) is 178 Å². The molecule has 3 atom stereocenters. The number of carbonyl (C=O) groups excluding carboxylic acids is 5. The van der Waals surface area contributed by atoms with Crippen molar-refractivity contribution >= 4 is 35.4 Å². The van der Waals surface area contributed by atoms with E-state index < -0.39 is 41.5 Å². The maximum absolute atomic E-state index is 13.5. The fourth-order valence-electron chi connectivity index (χ4n) is 4.41. The minimum atomic E-state index is -0.954. The number of esters is 1. The zero-order valence-corrected chi connectivity index (χ0v) is 29.0. The molecule has 0 saturated carbocycles. The van der Waals surface area contributed by atoms with Gasteiger partial charge in [0.1, 0.15) is 18.7 Å². The Morgan fingerprint density at radius 1 is 0.913 bits per heavy atom. The maximum Gasteiger partial charge on any atom is 0.312 e. The van der Waals surface area contributed by atoms with Crippen LogP contribution in [0.4, 0.5) is 10.5 Å². The number of ether oxygens (including phenoxy) is 2. The third-order valence-corrected chi connectivity index (χ3v) is 8.35. The van der Waals surface area contributed by atoms with Gasteiger partial charge in [-0.15, -0.1) is 0 Å². The smallest absolute Gasteiger partial charge is 0.312 e. The summed E-state index contributed by atoms with van der Waals surface area (Å²) in [5.41, 5.74) is 6.11. The number of rotatable bonds is 21. The van der Waals surface area contributed by atoms with Crippen LogP contribution in [0.1, 0.15) is 106 Å². The number of nitrogens with one attached hydrogen (secondary N) is 4. The summed E-state index contributed by atoms with van der Waals surface area (Å²) in [7, 11) is 0. The second kappa shape index (κ2) is 19.8. The molecule has 12 heteroatoms. The van der Waals surface area contributed by atoms with Gasteiger partial charge in [0.05, 0.1) is 5.60 Å². The summed E-state index contributed by atoms with van der Waals surface area (Å²) >= 11 is 0. The first-order valence-electron chi connectivity index (χ1n) is 16.3. The zero-order valence-electron chi connectivity index (χ0n) is 29.0. The van der Waals surface area contributed by atoms with Gasteiger partial charge in [-0.3, -0.25) is 19.2 Å². The third kappa shape index (κ3) is 16.1. The Hall–Kier alpha value is -3.67. The van der Waals surface area contributed by atoms with Crippen LogP contribution in [0.5, 0.6) is 0 Å². The molecular weight excluding hydrogens is 590 g/mol. The van der Waals surface area contributed by atoms with Crippen LogP contribution >= 0.6 is 0 Å². The fourth-order valence-corrected chi connectivity index (χ4v) is 4.41. The van der Waals surface area contributed by atoms with Crippen molar-refractivity contribution in [2.24, 2.45) is 17.1 Å². The normalized spacial score (nSPS) is 14.0. The molecule has 0 aliphatic rings. The van der Waals surface area contributed by atoms with Crippen LogP contribution in [0.2, 0.25) is 0 Å². The van der Waals surface area contributed by atoms with Gasteiger partial charge in [0.2, 0.25) is 17.7 Å². The first kappa shape index (κ1) is 40.4. The summed E-state index contributed by atoms with van der Waals surface area (Å²) in [6.07, 6.45) is 4.00. The zero-order chi connectivity index (χ0) is 34.9. The molecule has 12 nitrogen and oxygen atoms in total. The van der Waals surface area contributed by atoms with Crippen molar-refractivity contribution in [3.63, 3.8) is 0 Å². The predicted octanol–water partition coefficient (Wildman–Crippen LogP) is 4.55. The molecule has 5 amide bonds. The molecule has 260 valence electrons. The minimum Gasteiger partial charge on any atom is -0.461 e. The maximum atomic E-state index is 13.5. The summed E-state index contributed by atoms with van der Waals surface area (Å²) < 4.78 is 11.2. The number of urea groups is 1. The molecule has 0 bridgehead atoms. The molecule has 3 unspecified atom stereocenters. The number of anilines is 1. The van der Waals surface area contributed by atoms with Crippen LogP contribution < -0.4 is 27.0 Å². The van der Waals surface area contributed by atoms with Crippen LogP contribution in [-0.2, 0) is 35.3 Å². The van der Waals surface area contributed by atoms with Gasteiger partial charge in [0, 0.05) is 32.2 Å². The van der Waals surface area contributed by atoms with Crippen molar-refractivity contribution in [1.29, 1.82) is 0 Å². The Balaban J connectivity index is 2.90. The highest BCUT2D eigenvalue weighted by atomic mass is 16.5. The highest BCUT2D eigenvalue weighted by Crippen LogP contribution is 2.28. The van der Waals surface area contributed by atoms with Gasteiger partial charge in [-0.1, -0.05) is 60.1 Å². The number of amides is 5. The number of nitrogens with two attached hydrogens (primary N) is 1. The lowest BCUT2D eigenvalue weighted by molar-refractivity contribution is -0.142. The standard InChI is InChI=1S/C34H57N5O7/c1-9-33(6,7)19-21-46-34(8,10-2)18-17-28(41)39-29(23(3)4)31(43)38-27(12-11-20-36-32(35)44)30(42)37-26-15-13-25(14-16-26)22-45-24(5)40/h13-16,23,27,29H,9-12,17-22H2,1-8H3,(H,37,42)(H,38,43)(H,39,41)(H3,35,36,44). The van der Waals surface area contributed by atoms with Crippen molar-refractivity contribution < 1.29 is 33.4 Å². The van der Waals surface area contributed by atoms with Crippen molar-refractivity contribution in [3.8, 4) is 0 Å². The number of hydrogen-bond donors (Lipinski definition) is 5. The molecule has 0 aromatic heterocycles. The monoisotopic (exact) mass is 647 g/mol. The molecule has 0 aliphatic heterocycles. The van der Waals surface area contributed by atoms with Gasteiger partial charge < -0.3 is 36.5 Å². The Kier molecular flexibility index (Phi) is 17.3. The van der Waals surface area contributed by atoms with E-state index in [1.54, 1.807) is 24.3 Å². The lowest BCUT2D eigenvalue weighted by Crippen LogP contribution is -2.54. The van der Waals surface area contributed by atoms with Crippen molar-refractivity contribution in [2.75, 3.05) is 18.5 Å². The molecule has 0 fully saturated rings. The van der Waals surface area contributed by atoms with E-state index in [9.17, 15) is 24.0 Å². The SMILES string of the molecule is CCC(C)(C)CCOC(C)(CC)CCC(=O)NC(C(=O)NC(CCCNC(N)=O)C(=O)Nc1ccc(COC(C)=O)cc1)C(C)C. The van der Waals surface area contributed by atoms with Gasteiger partial charge in [0.15, 0.2) is 0 Å². The Bertz CT molecular complexity index is 1140. The highest BCUT2D eigenvalue weighted by molar-refractivity contribution is 5.98. The summed E-state index contributed by atoms with van der Waals surface area (Å²) in [5, 5.41) is 10.9. The van der Waals surface area contributed by atoms with Gasteiger partial charge in [0.25, 0.3) is 0 Å². The van der Waals surface area contributed by atoms with Crippen LogP contribution in [0, 0.1) is 11.3 Å². The van der Waals surface area contributed by atoms with E-state index in [1.807, 2.05) is 27.7 Å². The average molecular weight is 648 g/mol. The first-order valence-corrected chi connectivity index (χ1v) is 16.3. The van der Waals surface area contributed by atoms with Crippen molar-refractivity contribution in [1.82, 2.24) is 16.0 Å². The van der Waals surface area contributed by atoms with E-state index in [4.69, 9.17) is 15.2 Å². The number of primary amides is 1. The molecular formula is C34H57N5O7. The lowest BCUT2D eigenvalue weighted by atomic mass is 9.87. The van der Waals surface area contributed by atoms with Crippen LogP contribution in [0.25, 0.3) is 0 Å². The number of carbonyl (C=O) groups is 5. The van der Waals surface area contributed by atoms with Gasteiger partial charge in [-0.25, -0.2) is 4.79 Å². The summed E-state index contributed by atoms with van der Waals surface area (Å²) in [6.45, 7) is 16.5. The minimum absolute atomic E-state index is 0.111. The summed E-state index contributed by atoms with van der Waals surface area (Å²) in [6, 6.07) is 4.26. The molecule has 0 saturated heterocycles. The first-order chi connectivity index (χ1) is 21.5. The van der Waals surface area contributed by atoms with E-state index in [0.717, 1.165) is 24.8 Å². The molecule has 0 heterocycles. The number of hydrogen-bond acceptors (Lipinski definition) is 7. The van der Waals surface area contributed by atoms with Gasteiger partial charge in [-0.05, 0) is 68.1 Å². The Morgan fingerprint density at radius 3 is 2.11 bits per heavy atom. The largest absolute Gasteiger partial charge is 0.461 e. The van der Waals surface area contributed by atoms with Gasteiger partial charge in [-0.2, -0.15) is 0 Å². The second-order valence-corrected chi connectivity index (χ2v) is 13.2. The molecule has 1 aromatic carbocycles. The lowest BCUT2D eigenvalue weighted by Gasteiger charge is -2.31. The molecule has 6 N–H and O–H groups in total. The van der Waals surface area contributed by atoms with Crippen LogP contribution in [0.15, 0.2) is 24.3 Å². The number of benzene rings is 1. The van der Waals surface area contributed by atoms with E-state index in [2.05, 4.69) is 42.0 Å². The summed E-state index contributed by atoms with van der Waals surface area (Å²) in [4.78, 5) is 62.0. The Labute approximate surface area is 274 Å². The van der Waals surface area contributed by atoms with E-state index in [-0.39, 0.29) is 43.2 Å². The van der Waals surface area contributed by atoms with E-state index >= 15 is 0 Å². The Morgan fingerprint density at radius 2 is 1.57 bits per heavy atom. The molecule has 0 radical (unpaired) electrons. The van der Waals surface area contributed by atoms with Crippen molar-refractivity contribution in [2.45, 2.75) is 125 Å². The molecule has 1 rings (SSSR count). The van der Waals surface area contributed by atoms with Crippen molar-refractivity contribution in [3.05, 3.63) is 29.8 Å².